The first-order chi connectivity index (χ1) is 17.5. The van der Waals surface area contributed by atoms with Gasteiger partial charge in [0.05, 0.1) is 18.1 Å². The van der Waals surface area contributed by atoms with Crippen molar-refractivity contribution in [2.45, 2.75) is 38.7 Å². The Kier molecular flexibility index (Phi) is 8.49. The fourth-order valence-electron chi connectivity index (χ4n) is 4.32. The highest BCUT2D eigenvalue weighted by atomic mass is 16.5. The second-order valence-electron chi connectivity index (χ2n) is 8.80. The van der Waals surface area contributed by atoms with Crippen molar-refractivity contribution >= 4 is 28.6 Å². The standard InChI is InChI=1S/C28H31N3O5/c1-2-35-28(34)20-9-12-24(13-10-20)36-25-14-11-23(18-31-25)27(33)30-16-15-29-26(32)22-8-7-19-5-3-4-6-21(19)17-22/h3-8,11,14,17-18,20,24H,2,9-10,12-13,15-16H2,1H3,(H,29,32)(H,30,33). The molecule has 1 aliphatic rings. The lowest BCUT2D eigenvalue weighted by atomic mass is 9.87. The number of ether oxygens (including phenoxy) is 2. The number of fused-ring (bicyclic) bond motifs is 1. The van der Waals surface area contributed by atoms with Crippen LogP contribution in [0.25, 0.3) is 10.8 Å². The van der Waals surface area contributed by atoms with E-state index in [0.29, 0.717) is 36.7 Å². The highest BCUT2D eigenvalue weighted by Gasteiger charge is 2.28. The number of pyridine rings is 1. The molecule has 0 saturated heterocycles. The van der Waals surface area contributed by atoms with Crippen LogP contribution in [0.3, 0.4) is 0 Å². The molecule has 2 N–H and O–H groups in total. The minimum atomic E-state index is -0.274. The van der Waals surface area contributed by atoms with Gasteiger partial charge in [-0.15, -0.1) is 0 Å². The Morgan fingerprint density at radius 2 is 1.53 bits per heavy atom. The van der Waals surface area contributed by atoms with Crippen molar-refractivity contribution in [3.8, 4) is 5.88 Å². The summed E-state index contributed by atoms with van der Waals surface area (Å²) < 4.78 is 11.0. The maximum absolute atomic E-state index is 12.4. The van der Waals surface area contributed by atoms with Gasteiger partial charge in [0.2, 0.25) is 5.88 Å². The number of benzene rings is 2. The number of hydrogen-bond acceptors (Lipinski definition) is 6. The van der Waals surface area contributed by atoms with Gasteiger partial charge in [-0.3, -0.25) is 14.4 Å². The van der Waals surface area contributed by atoms with E-state index in [-0.39, 0.29) is 29.8 Å². The fraction of sp³-hybridized carbons (Fsp3) is 0.357. The zero-order valence-corrected chi connectivity index (χ0v) is 20.4. The van der Waals surface area contributed by atoms with Crippen LogP contribution < -0.4 is 15.4 Å². The second-order valence-corrected chi connectivity index (χ2v) is 8.80. The molecule has 0 spiro atoms. The van der Waals surface area contributed by atoms with Crippen LogP contribution in [0, 0.1) is 5.92 Å². The second kappa shape index (κ2) is 12.2. The summed E-state index contributed by atoms with van der Waals surface area (Å²) in [5.74, 6) is -0.189. The molecule has 0 radical (unpaired) electrons. The summed E-state index contributed by atoms with van der Waals surface area (Å²) in [6.45, 7) is 2.81. The lowest BCUT2D eigenvalue weighted by molar-refractivity contribution is -0.149. The van der Waals surface area contributed by atoms with Crippen LogP contribution in [-0.2, 0) is 9.53 Å². The van der Waals surface area contributed by atoms with Gasteiger partial charge >= 0.3 is 5.97 Å². The van der Waals surface area contributed by atoms with Crippen LogP contribution >= 0.6 is 0 Å². The van der Waals surface area contributed by atoms with Crippen molar-refractivity contribution < 1.29 is 23.9 Å². The number of carbonyl (C=O) groups is 3. The van der Waals surface area contributed by atoms with Crippen LogP contribution in [0.15, 0.2) is 60.8 Å². The molecule has 8 heteroatoms. The zero-order valence-electron chi connectivity index (χ0n) is 20.4. The van der Waals surface area contributed by atoms with E-state index in [1.165, 1.54) is 6.20 Å². The summed E-state index contributed by atoms with van der Waals surface area (Å²) >= 11 is 0. The number of rotatable bonds is 9. The lowest BCUT2D eigenvalue weighted by Crippen LogP contribution is -2.34. The molecular weight excluding hydrogens is 458 g/mol. The van der Waals surface area contributed by atoms with Crippen molar-refractivity contribution in [3.63, 3.8) is 0 Å². The first-order valence-electron chi connectivity index (χ1n) is 12.4. The van der Waals surface area contributed by atoms with E-state index in [1.807, 2.05) is 43.3 Å². The highest BCUT2D eigenvalue weighted by molar-refractivity contribution is 5.98. The fourth-order valence-corrected chi connectivity index (χ4v) is 4.32. The Labute approximate surface area is 210 Å². The molecule has 0 bridgehead atoms. The molecule has 36 heavy (non-hydrogen) atoms. The minimum Gasteiger partial charge on any atom is -0.474 e. The topological polar surface area (TPSA) is 107 Å². The maximum atomic E-state index is 12.4. The Morgan fingerprint density at radius 1 is 0.861 bits per heavy atom. The number of aromatic nitrogens is 1. The zero-order chi connectivity index (χ0) is 25.3. The largest absolute Gasteiger partial charge is 0.474 e. The predicted octanol–water partition coefficient (Wildman–Crippen LogP) is 3.90. The molecule has 3 aromatic rings. The van der Waals surface area contributed by atoms with E-state index in [1.54, 1.807) is 18.2 Å². The molecule has 8 nitrogen and oxygen atoms in total. The third kappa shape index (κ3) is 6.59. The van der Waals surface area contributed by atoms with Crippen molar-refractivity contribution in [3.05, 3.63) is 71.9 Å². The average Bonchev–Trinajstić information content (AvgIpc) is 2.91. The molecule has 1 aliphatic carbocycles. The van der Waals surface area contributed by atoms with Gasteiger partial charge in [-0.25, -0.2) is 4.98 Å². The number of esters is 1. The van der Waals surface area contributed by atoms with Gasteiger partial charge < -0.3 is 20.1 Å². The first-order valence-corrected chi connectivity index (χ1v) is 12.4. The third-order valence-electron chi connectivity index (χ3n) is 6.29. The van der Waals surface area contributed by atoms with E-state index in [4.69, 9.17) is 9.47 Å². The van der Waals surface area contributed by atoms with E-state index in [2.05, 4.69) is 15.6 Å². The molecule has 0 aliphatic heterocycles. The van der Waals surface area contributed by atoms with Crippen molar-refractivity contribution in [2.24, 2.45) is 5.92 Å². The van der Waals surface area contributed by atoms with E-state index >= 15 is 0 Å². The Balaban J connectivity index is 1.18. The maximum Gasteiger partial charge on any atom is 0.308 e. The smallest absolute Gasteiger partial charge is 0.308 e. The number of nitrogens with zero attached hydrogens (tertiary/aromatic N) is 1. The van der Waals surface area contributed by atoms with Gasteiger partial charge in [0.1, 0.15) is 6.10 Å². The molecule has 1 aromatic heterocycles. The molecule has 1 heterocycles. The third-order valence-corrected chi connectivity index (χ3v) is 6.29. The Morgan fingerprint density at radius 3 is 2.19 bits per heavy atom. The van der Waals surface area contributed by atoms with E-state index in [0.717, 1.165) is 36.5 Å². The van der Waals surface area contributed by atoms with Crippen LogP contribution in [0.1, 0.15) is 53.3 Å². The molecule has 1 saturated carbocycles. The number of amides is 2. The van der Waals surface area contributed by atoms with Crippen LogP contribution in [0.4, 0.5) is 0 Å². The van der Waals surface area contributed by atoms with Gasteiger partial charge in [-0.1, -0.05) is 30.3 Å². The summed E-state index contributed by atoms with van der Waals surface area (Å²) in [4.78, 5) is 40.9. The van der Waals surface area contributed by atoms with E-state index < -0.39 is 0 Å². The summed E-state index contributed by atoms with van der Waals surface area (Å²) in [6, 6.07) is 16.8. The minimum absolute atomic E-state index is 0.00549. The predicted molar refractivity (Wildman–Crippen MR) is 136 cm³/mol. The molecule has 0 atom stereocenters. The molecular formula is C28H31N3O5. The molecule has 1 fully saturated rings. The molecule has 2 amide bonds. The van der Waals surface area contributed by atoms with Gasteiger partial charge in [-0.05, 0) is 61.6 Å². The van der Waals surface area contributed by atoms with Crippen LogP contribution in [0.2, 0.25) is 0 Å². The SMILES string of the molecule is CCOC(=O)C1CCC(Oc2ccc(C(=O)NCCNC(=O)c3ccc4ccccc4c3)cn2)CC1. The summed E-state index contributed by atoms with van der Waals surface area (Å²) in [5, 5.41) is 7.69. The normalized spacial score (nSPS) is 17.2. The number of nitrogens with one attached hydrogen (secondary N) is 2. The molecule has 188 valence electrons. The summed E-state index contributed by atoms with van der Waals surface area (Å²) in [6.07, 6.45) is 4.47. The van der Waals surface area contributed by atoms with Gasteiger partial charge in [0.25, 0.3) is 11.8 Å². The lowest BCUT2D eigenvalue weighted by Gasteiger charge is -2.27. The molecule has 0 unspecified atom stereocenters. The van der Waals surface area contributed by atoms with Gasteiger partial charge in [0.15, 0.2) is 0 Å². The van der Waals surface area contributed by atoms with Crippen LogP contribution in [0.5, 0.6) is 5.88 Å². The monoisotopic (exact) mass is 489 g/mol. The summed E-state index contributed by atoms with van der Waals surface area (Å²) in [7, 11) is 0. The number of carbonyl (C=O) groups excluding carboxylic acids is 3. The molecule has 4 rings (SSSR count). The first kappa shape index (κ1) is 25.2. The van der Waals surface area contributed by atoms with Gasteiger partial charge in [-0.2, -0.15) is 0 Å². The average molecular weight is 490 g/mol. The highest BCUT2D eigenvalue weighted by Crippen LogP contribution is 2.28. The number of hydrogen-bond donors (Lipinski definition) is 2. The quantitative estimate of drug-likeness (QED) is 0.349. The van der Waals surface area contributed by atoms with Crippen LogP contribution in [-0.4, -0.2) is 48.6 Å². The van der Waals surface area contributed by atoms with E-state index in [9.17, 15) is 14.4 Å². The Bertz CT molecular complexity index is 1200. The molecule has 2 aromatic carbocycles. The van der Waals surface area contributed by atoms with Crippen molar-refractivity contribution in [1.29, 1.82) is 0 Å². The van der Waals surface area contributed by atoms with Crippen molar-refractivity contribution in [1.82, 2.24) is 15.6 Å². The Hall–Kier alpha value is -3.94. The van der Waals surface area contributed by atoms with Gasteiger partial charge in [0, 0.05) is 30.9 Å². The van der Waals surface area contributed by atoms with Crippen molar-refractivity contribution in [2.75, 3.05) is 19.7 Å². The summed E-state index contributed by atoms with van der Waals surface area (Å²) in [5.41, 5.74) is 0.989.